The summed E-state index contributed by atoms with van der Waals surface area (Å²) in [5.41, 5.74) is 1.42. The van der Waals surface area contributed by atoms with Crippen LogP contribution in [0, 0.1) is 5.41 Å². The van der Waals surface area contributed by atoms with E-state index in [1.54, 1.807) is 62.4 Å². The van der Waals surface area contributed by atoms with Gasteiger partial charge in [-0.05, 0) is 59.1 Å². The van der Waals surface area contributed by atoms with Crippen molar-refractivity contribution in [2.75, 3.05) is 13.2 Å². The zero-order chi connectivity index (χ0) is 32.3. The third-order valence-corrected chi connectivity index (χ3v) is 6.89. The lowest BCUT2D eigenvalue weighted by atomic mass is 9.84. The van der Waals surface area contributed by atoms with Gasteiger partial charge in [0.2, 0.25) is 0 Å². The molecule has 0 aliphatic carbocycles. The first-order valence-electron chi connectivity index (χ1n) is 13.8. The van der Waals surface area contributed by atoms with Gasteiger partial charge in [-0.3, -0.25) is 9.78 Å². The lowest BCUT2D eigenvalue weighted by Gasteiger charge is -2.29. The van der Waals surface area contributed by atoms with E-state index in [9.17, 15) is 19.2 Å². The number of hydrogen-bond acceptors (Lipinski definition) is 12. The van der Waals surface area contributed by atoms with Crippen molar-refractivity contribution in [1.82, 2.24) is 0 Å². The molecule has 0 fully saturated rings. The van der Waals surface area contributed by atoms with Gasteiger partial charge in [0.1, 0.15) is 13.2 Å². The summed E-state index contributed by atoms with van der Waals surface area (Å²) < 4.78 is 10.1. The van der Waals surface area contributed by atoms with Gasteiger partial charge in [-0.1, -0.05) is 79.7 Å². The Morgan fingerprint density at radius 3 is 1.14 bits per heavy atom. The molecule has 0 saturated carbocycles. The summed E-state index contributed by atoms with van der Waals surface area (Å²) in [6.07, 6.45) is -1.72. The highest BCUT2D eigenvalue weighted by molar-refractivity contribution is 5.89. The molecule has 0 aliphatic rings. The fourth-order valence-electron chi connectivity index (χ4n) is 3.63. The minimum absolute atomic E-state index is 0.0915. The summed E-state index contributed by atoms with van der Waals surface area (Å²) in [6, 6.07) is 13.4. The lowest BCUT2D eigenvalue weighted by molar-refractivity contribution is -0.453. The Morgan fingerprint density at radius 1 is 0.535 bits per heavy atom. The van der Waals surface area contributed by atoms with Gasteiger partial charge in [-0.25, -0.2) is 29.0 Å². The van der Waals surface area contributed by atoms with Gasteiger partial charge < -0.3 is 9.47 Å². The second-order valence-electron chi connectivity index (χ2n) is 12.0. The normalized spacial score (nSPS) is 11.7. The molecule has 0 N–H and O–H groups in total. The molecule has 2 aromatic rings. The van der Waals surface area contributed by atoms with Crippen molar-refractivity contribution >= 4 is 24.2 Å². The Hall–Kier alpha value is -4.16. The molecule has 2 rings (SSSR count). The Balaban J connectivity index is 1.73. The topological polar surface area (TPSA) is 142 Å². The summed E-state index contributed by atoms with van der Waals surface area (Å²) in [6.45, 7) is 15.3. The predicted molar refractivity (Wildman–Crippen MR) is 151 cm³/mol. The maximum atomic E-state index is 12.1. The third kappa shape index (κ3) is 11.2. The molecule has 0 spiro atoms. The van der Waals surface area contributed by atoms with Crippen LogP contribution in [0.1, 0.15) is 100 Å². The molecule has 0 aromatic heterocycles. The van der Waals surface area contributed by atoms with Crippen LogP contribution in [0.3, 0.4) is 0 Å². The molecule has 0 heterocycles. The van der Waals surface area contributed by atoms with Gasteiger partial charge in [0.05, 0.1) is 21.2 Å². The Bertz CT molecular complexity index is 1120. The molecule has 43 heavy (non-hydrogen) atoms. The van der Waals surface area contributed by atoms with Gasteiger partial charge in [-0.15, -0.1) is 0 Å². The van der Waals surface area contributed by atoms with Crippen LogP contribution in [0.25, 0.3) is 0 Å². The molecule has 0 aliphatic heterocycles. The first-order valence-corrected chi connectivity index (χ1v) is 13.8. The fourth-order valence-corrected chi connectivity index (χ4v) is 3.63. The van der Waals surface area contributed by atoms with E-state index in [0.29, 0.717) is 12.8 Å². The summed E-state index contributed by atoms with van der Waals surface area (Å²) in [5, 5.41) is 8.54. The lowest BCUT2D eigenvalue weighted by Crippen LogP contribution is -2.33. The SMILES string of the molecule is CCC(CC)(COC(=O)OOOC(=O)c1ccc(C(C)(C)C)cc1)COC(=O)OOOC(=O)c1ccc(C(C)(C)C)cc1. The van der Waals surface area contributed by atoms with Crippen LogP contribution in [-0.2, 0) is 49.9 Å². The molecular weight excluding hydrogens is 564 g/mol. The van der Waals surface area contributed by atoms with E-state index >= 15 is 0 Å². The van der Waals surface area contributed by atoms with Crippen LogP contribution in [0.5, 0.6) is 0 Å². The quantitative estimate of drug-likeness (QED) is 0.138. The van der Waals surface area contributed by atoms with Crippen LogP contribution in [0.2, 0.25) is 0 Å². The average Bonchev–Trinajstić information content (AvgIpc) is 2.96. The fraction of sp³-hybridized carbons (Fsp3) is 0.484. The Morgan fingerprint density at radius 2 is 0.860 bits per heavy atom. The summed E-state index contributed by atoms with van der Waals surface area (Å²) in [7, 11) is 0. The number of ether oxygens (including phenoxy) is 2. The molecule has 0 saturated heterocycles. The van der Waals surface area contributed by atoms with Gasteiger partial charge >= 0.3 is 24.2 Å². The Labute approximate surface area is 251 Å². The van der Waals surface area contributed by atoms with Crippen molar-refractivity contribution in [3.05, 3.63) is 70.8 Å². The highest BCUT2D eigenvalue weighted by atomic mass is 17.5. The third-order valence-electron chi connectivity index (χ3n) is 6.89. The second kappa shape index (κ2) is 15.4. The van der Waals surface area contributed by atoms with Crippen LogP contribution in [-0.4, -0.2) is 37.5 Å². The van der Waals surface area contributed by atoms with E-state index in [-0.39, 0.29) is 35.2 Å². The molecule has 12 nitrogen and oxygen atoms in total. The monoisotopic (exact) mass is 604 g/mol. The number of hydrogen-bond donors (Lipinski definition) is 0. The van der Waals surface area contributed by atoms with Crippen LogP contribution in [0.4, 0.5) is 9.59 Å². The predicted octanol–water partition coefficient (Wildman–Crippen LogP) is 7.10. The van der Waals surface area contributed by atoms with Gasteiger partial charge in [0.25, 0.3) is 0 Å². The van der Waals surface area contributed by atoms with Gasteiger partial charge in [0.15, 0.2) is 0 Å². The zero-order valence-electron chi connectivity index (χ0n) is 25.8. The molecule has 0 unspecified atom stereocenters. The van der Waals surface area contributed by atoms with Crippen molar-refractivity contribution < 1.29 is 58.3 Å². The van der Waals surface area contributed by atoms with Crippen molar-refractivity contribution in [3.8, 4) is 0 Å². The summed E-state index contributed by atoms with van der Waals surface area (Å²) in [5.74, 6) is -1.74. The van der Waals surface area contributed by atoms with E-state index in [0.717, 1.165) is 11.1 Å². The smallest absolute Gasteiger partial charge is 0.432 e. The van der Waals surface area contributed by atoms with Gasteiger partial charge in [0, 0.05) is 5.41 Å². The van der Waals surface area contributed by atoms with Crippen molar-refractivity contribution in [1.29, 1.82) is 0 Å². The van der Waals surface area contributed by atoms with E-state index in [4.69, 9.17) is 9.47 Å². The Kier molecular flexibility index (Phi) is 12.5. The van der Waals surface area contributed by atoms with E-state index in [1.165, 1.54) is 0 Å². The van der Waals surface area contributed by atoms with E-state index in [1.807, 2.05) is 41.5 Å². The molecule has 0 bridgehead atoms. The van der Waals surface area contributed by atoms with Crippen molar-refractivity contribution in [2.24, 2.45) is 5.41 Å². The number of carbonyl (C=O) groups is 4. The molecule has 2 aromatic carbocycles. The van der Waals surface area contributed by atoms with Crippen LogP contribution in [0.15, 0.2) is 48.5 Å². The highest BCUT2D eigenvalue weighted by Crippen LogP contribution is 2.28. The van der Waals surface area contributed by atoms with Crippen molar-refractivity contribution in [2.45, 2.75) is 79.1 Å². The minimum Gasteiger partial charge on any atom is -0.432 e. The second-order valence-corrected chi connectivity index (χ2v) is 12.0. The average molecular weight is 605 g/mol. The number of benzene rings is 2. The molecule has 12 heteroatoms. The van der Waals surface area contributed by atoms with Crippen LogP contribution < -0.4 is 0 Å². The summed E-state index contributed by atoms with van der Waals surface area (Å²) in [4.78, 5) is 65.8. The number of carbonyl (C=O) groups excluding carboxylic acids is 4. The maximum absolute atomic E-state index is 12.1. The minimum atomic E-state index is -1.28. The van der Waals surface area contributed by atoms with E-state index in [2.05, 4.69) is 29.6 Å². The zero-order valence-corrected chi connectivity index (χ0v) is 25.8. The largest absolute Gasteiger partial charge is 0.543 e. The molecule has 236 valence electrons. The first kappa shape index (κ1) is 35.0. The molecule has 0 amide bonds. The molecule has 0 atom stereocenters. The molecule has 0 radical (unpaired) electrons. The summed E-state index contributed by atoms with van der Waals surface area (Å²) >= 11 is 0. The van der Waals surface area contributed by atoms with Crippen LogP contribution >= 0.6 is 0 Å². The van der Waals surface area contributed by atoms with Gasteiger partial charge in [-0.2, -0.15) is 0 Å². The maximum Gasteiger partial charge on any atom is 0.543 e. The standard InChI is InChI=1S/C31H40O12/c1-9-31(10-2,19-36-27(34)40-42-38-25(32)21-11-15-23(16-12-21)29(3,4)5)20-37-28(35)41-43-39-26(33)22-13-17-24(18-14-22)30(6,7)8/h11-18H,9-10,19-20H2,1-8H3. The number of rotatable bonds is 12. The van der Waals surface area contributed by atoms with Crippen molar-refractivity contribution in [3.63, 3.8) is 0 Å². The highest BCUT2D eigenvalue weighted by Gasteiger charge is 2.31. The molecular formula is C31H40O12. The van der Waals surface area contributed by atoms with E-state index < -0.39 is 29.7 Å². The first-order chi connectivity index (χ1) is 20.1.